The number of nitrogens with one attached hydrogen (secondary N) is 4. The Balaban J connectivity index is 1.71. The Morgan fingerprint density at radius 3 is 2.78 bits per heavy atom. The van der Waals surface area contributed by atoms with Crippen LogP contribution in [0.2, 0.25) is 5.02 Å². The zero-order valence-electron chi connectivity index (χ0n) is 14.1. The molecule has 142 valence electrons. The summed E-state index contributed by atoms with van der Waals surface area (Å²) in [6.45, 7) is 0.608. The van der Waals surface area contributed by atoms with Gasteiger partial charge in [0.05, 0.1) is 15.1 Å². The first-order valence-electron chi connectivity index (χ1n) is 8.35. The lowest BCUT2D eigenvalue weighted by atomic mass is 10.1. The van der Waals surface area contributed by atoms with Crippen LogP contribution in [0.1, 0.15) is 40.1 Å². The minimum Gasteiger partial charge on any atom is -0.354 e. The standard InChI is InChI=1S/C17H17BrClN5O3/c18-12-13(17(27)21-11-7-3-4-8-20-16(11)26)23-24-14(12)22-15(25)9-5-1-2-6-10(9)19/h1-2,5-6,11H,3-4,7-8H2,(H,20,26)(H,21,27)(H2,22,23,24,25)/t11-/m0/s1. The number of nitrogens with zero attached hydrogens (tertiary/aromatic N) is 1. The molecule has 2 aromatic rings. The predicted octanol–water partition coefficient (Wildman–Crippen LogP) is 2.48. The minimum absolute atomic E-state index is 0.113. The largest absolute Gasteiger partial charge is 0.354 e. The molecule has 1 aliphatic heterocycles. The van der Waals surface area contributed by atoms with Gasteiger partial charge in [-0.2, -0.15) is 5.10 Å². The van der Waals surface area contributed by atoms with Crippen LogP contribution < -0.4 is 16.0 Å². The summed E-state index contributed by atoms with van der Waals surface area (Å²) in [5.41, 5.74) is 0.400. The molecule has 27 heavy (non-hydrogen) atoms. The highest BCUT2D eigenvalue weighted by Crippen LogP contribution is 2.25. The van der Waals surface area contributed by atoms with Gasteiger partial charge in [-0.3, -0.25) is 19.5 Å². The van der Waals surface area contributed by atoms with Crippen molar-refractivity contribution in [3.63, 3.8) is 0 Å². The van der Waals surface area contributed by atoms with Gasteiger partial charge in [0.1, 0.15) is 11.7 Å². The van der Waals surface area contributed by atoms with Crippen LogP contribution in [0.5, 0.6) is 0 Å². The summed E-state index contributed by atoms with van der Waals surface area (Å²) in [4.78, 5) is 36.8. The Kier molecular flexibility index (Phi) is 6.12. The second-order valence-electron chi connectivity index (χ2n) is 6.01. The van der Waals surface area contributed by atoms with Gasteiger partial charge in [-0.1, -0.05) is 23.7 Å². The number of aromatic nitrogens is 2. The monoisotopic (exact) mass is 453 g/mol. The number of hydrogen-bond acceptors (Lipinski definition) is 4. The van der Waals surface area contributed by atoms with Gasteiger partial charge in [-0.05, 0) is 47.3 Å². The van der Waals surface area contributed by atoms with E-state index < -0.39 is 17.9 Å². The fourth-order valence-electron chi connectivity index (χ4n) is 2.69. The summed E-state index contributed by atoms with van der Waals surface area (Å²) in [5.74, 6) is -1.00. The molecule has 3 amide bonds. The van der Waals surface area contributed by atoms with Crippen LogP contribution in [-0.4, -0.2) is 40.5 Å². The number of amides is 3. The van der Waals surface area contributed by atoms with Gasteiger partial charge >= 0.3 is 0 Å². The number of carbonyl (C=O) groups excluding carboxylic acids is 3. The number of H-pyrrole nitrogens is 1. The number of aromatic amines is 1. The maximum Gasteiger partial charge on any atom is 0.271 e. The third-order valence-electron chi connectivity index (χ3n) is 4.13. The van der Waals surface area contributed by atoms with Gasteiger partial charge in [0.25, 0.3) is 11.8 Å². The molecule has 1 aromatic carbocycles. The van der Waals surface area contributed by atoms with Crippen LogP contribution in [0.3, 0.4) is 0 Å². The van der Waals surface area contributed by atoms with Gasteiger partial charge < -0.3 is 16.0 Å². The van der Waals surface area contributed by atoms with Crippen molar-refractivity contribution in [1.82, 2.24) is 20.8 Å². The van der Waals surface area contributed by atoms with E-state index in [1.54, 1.807) is 24.3 Å². The van der Waals surface area contributed by atoms with E-state index in [4.69, 9.17) is 11.6 Å². The smallest absolute Gasteiger partial charge is 0.271 e. The Morgan fingerprint density at radius 1 is 1.22 bits per heavy atom. The van der Waals surface area contributed by atoms with Crippen LogP contribution in [0, 0.1) is 0 Å². The van der Waals surface area contributed by atoms with Crippen molar-refractivity contribution in [2.45, 2.75) is 25.3 Å². The van der Waals surface area contributed by atoms with Crippen molar-refractivity contribution in [3.8, 4) is 0 Å². The number of halogens is 2. The SMILES string of the molecule is O=C(Nc1n[nH]c(C(=O)N[C@H]2CCCCNC2=O)c1Br)c1ccccc1Cl. The summed E-state index contributed by atoms with van der Waals surface area (Å²) >= 11 is 9.28. The summed E-state index contributed by atoms with van der Waals surface area (Å²) in [5, 5.41) is 14.9. The molecule has 0 radical (unpaired) electrons. The molecule has 10 heteroatoms. The number of hydrogen-bond donors (Lipinski definition) is 4. The van der Waals surface area contributed by atoms with E-state index in [0.717, 1.165) is 12.8 Å². The van der Waals surface area contributed by atoms with E-state index >= 15 is 0 Å². The summed E-state index contributed by atoms with van der Waals surface area (Å²) in [6, 6.07) is 5.99. The van der Waals surface area contributed by atoms with E-state index in [0.29, 0.717) is 18.0 Å². The first-order chi connectivity index (χ1) is 13.0. The molecule has 1 fully saturated rings. The Hall–Kier alpha value is -2.39. The van der Waals surface area contributed by atoms with Crippen LogP contribution >= 0.6 is 27.5 Å². The fourth-order valence-corrected chi connectivity index (χ4v) is 3.37. The van der Waals surface area contributed by atoms with Crippen molar-refractivity contribution in [2.75, 3.05) is 11.9 Å². The van der Waals surface area contributed by atoms with Gasteiger partial charge in [0.15, 0.2) is 5.82 Å². The Bertz CT molecular complexity index is 885. The lowest BCUT2D eigenvalue weighted by molar-refractivity contribution is -0.122. The molecular formula is C17H17BrClN5O3. The molecular weight excluding hydrogens is 438 g/mol. The molecule has 0 bridgehead atoms. The third-order valence-corrected chi connectivity index (χ3v) is 5.23. The number of rotatable bonds is 4. The molecule has 1 saturated heterocycles. The normalized spacial score (nSPS) is 17.0. The number of anilines is 1. The molecule has 1 aliphatic rings. The highest BCUT2D eigenvalue weighted by atomic mass is 79.9. The van der Waals surface area contributed by atoms with E-state index in [1.165, 1.54) is 0 Å². The first kappa shape index (κ1) is 19.4. The summed E-state index contributed by atoms with van der Waals surface area (Å²) < 4.78 is 0.287. The summed E-state index contributed by atoms with van der Waals surface area (Å²) in [6.07, 6.45) is 2.29. The quantitative estimate of drug-likeness (QED) is 0.568. The van der Waals surface area contributed by atoms with Crippen molar-refractivity contribution in [3.05, 3.63) is 45.0 Å². The maximum absolute atomic E-state index is 12.5. The summed E-state index contributed by atoms with van der Waals surface area (Å²) in [7, 11) is 0. The fraction of sp³-hybridized carbons (Fsp3) is 0.294. The molecule has 1 atom stereocenters. The Morgan fingerprint density at radius 2 is 2.00 bits per heavy atom. The van der Waals surface area contributed by atoms with Crippen molar-refractivity contribution < 1.29 is 14.4 Å². The molecule has 0 unspecified atom stereocenters. The van der Waals surface area contributed by atoms with Crippen molar-refractivity contribution in [2.24, 2.45) is 0 Å². The second kappa shape index (κ2) is 8.53. The predicted molar refractivity (Wildman–Crippen MR) is 104 cm³/mol. The van der Waals surface area contributed by atoms with Crippen molar-refractivity contribution in [1.29, 1.82) is 0 Å². The molecule has 0 spiro atoms. The molecule has 2 heterocycles. The zero-order chi connectivity index (χ0) is 19.4. The average Bonchev–Trinajstić information content (AvgIpc) is 2.88. The highest BCUT2D eigenvalue weighted by molar-refractivity contribution is 9.10. The lowest BCUT2D eigenvalue weighted by Crippen LogP contribution is -2.45. The van der Waals surface area contributed by atoms with Gasteiger partial charge in [-0.25, -0.2) is 0 Å². The highest BCUT2D eigenvalue weighted by Gasteiger charge is 2.26. The average molecular weight is 455 g/mol. The zero-order valence-corrected chi connectivity index (χ0v) is 16.5. The third kappa shape index (κ3) is 4.48. The minimum atomic E-state index is -0.601. The van der Waals surface area contributed by atoms with Crippen LogP contribution in [0.15, 0.2) is 28.7 Å². The number of benzene rings is 1. The lowest BCUT2D eigenvalue weighted by Gasteiger charge is -2.14. The van der Waals surface area contributed by atoms with E-state index in [1.807, 2.05) is 0 Å². The van der Waals surface area contributed by atoms with Crippen LogP contribution in [-0.2, 0) is 4.79 Å². The van der Waals surface area contributed by atoms with Gasteiger partial charge in [-0.15, -0.1) is 0 Å². The molecule has 1 aromatic heterocycles. The molecule has 8 nitrogen and oxygen atoms in total. The second-order valence-corrected chi connectivity index (χ2v) is 7.21. The van der Waals surface area contributed by atoms with Gasteiger partial charge in [0.2, 0.25) is 5.91 Å². The van der Waals surface area contributed by atoms with E-state index in [2.05, 4.69) is 42.1 Å². The molecule has 4 N–H and O–H groups in total. The maximum atomic E-state index is 12.5. The van der Waals surface area contributed by atoms with Gasteiger partial charge in [0, 0.05) is 6.54 Å². The van der Waals surface area contributed by atoms with Crippen LogP contribution in [0.4, 0.5) is 5.82 Å². The molecule has 0 saturated carbocycles. The van der Waals surface area contributed by atoms with E-state index in [9.17, 15) is 14.4 Å². The number of carbonyl (C=O) groups is 3. The first-order valence-corrected chi connectivity index (χ1v) is 9.53. The Labute approximate surface area is 168 Å². The molecule has 0 aliphatic carbocycles. The van der Waals surface area contributed by atoms with Crippen molar-refractivity contribution >= 4 is 51.1 Å². The van der Waals surface area contributed by atoms with E-state index in [-0.39, 0.29) is 27.5 Å². The van der Waals surface area contributed by atoms with Crippen LogP contribution in [0.25, 0.3) is 0 Å². The molecule has 3 rings (SSSR count). The topological polar surface area (TPSA) is 116 Å².